The van der Waals surface area contributed by atoms with Crippen molar-refractivity contribution in [3.8, 4) is 6.07 Å². The molecule has 0 saturated carbocycles. The summed E-state index contributed by atoms with van der Waals surface area (Å²) in [5.74, 6) is 0. The highest BCUT2D eigenvalue weighted by atomic mass is 32.2. The fourth-order valence-electron chi connectivity index (χ4n) is 3.35. The van der Waals surface area contributed by atoms with Crippen LogP contribution in [0.1, 0.15) is 24.6 Å². The Balaban J connectivity index is 1.87. The van der Waals surface area contributed by atoms with Gasteiger partial charge in [0, 0.05) is 23.7 Å². The smallest absolute Gasteiger partial charge is 0.268 e. The molecule has 1 N–H and O–H groups in total. The first kappa shape index (κ1) is 22.6. The van der Waals surface area contributed by atoms with E-state index in [4.69, 9.17) is 0 Å². The van der Waals surface area contributed by atoms with Gasteiger partial charge in [0.2, 0.25) is 0 Å². The van der Waals surface area contributed by atoms with E-state index in [1.807, 2.05) is 6.07 Å². The van der Waals surface area contributed by atoms with Gasteiger partial charge in [-0.1, -0.05) is 30.3 Å². The number of benzene rings is 2. The van der Waals surface area contributed by atoms with Crippen molar-refractivity contribution in [2.24, 2.45) is 0 Å². The molecule has 4 rings (SSSR count). The zero-order valence-corrected chi connectivity index (χ0v) is 18.8. The van der Waals surface area contributed by atoms with Crippen LogP contribution in [0, 0.1) is 11.3 Å². The Labute approximate surface area is 190 Å². The van der Waals surface area contributed by atoms with Crippen LogP contribution in [-0.4, -0.2) is 26.4 Å². The molecule has 0 amide bonds. The van der Waals surface area contributed by atoms with Gasteiger partial charge in [0.15, 0.2) is 16.7 Å². The number of nitrogens with one attached hydrogen (secondary N) is 1. The van der Waals surface area contributed by atoms with Crippen molar-refractivity contribution in [1.82, 2.24) is 13.8 Å². The van der Waals surface area contributed by atoms with Crippen molar-refractivity contribution in [1.29, 1.82) is 5.26 Å². The van der Waals surface area contributed by atoms with Crippen LogP contribution >= 0.6 is 0 Å². The standard InChI is InChI=1S/C21H17F2N5O3S2/c1-2-27-19(11-24)17(12-25-27)26-32(29)20-13-28(33(30,31)15-6-4-3-5-7-15)18-10-14(21(22)23)8-9-16(18)20/h3-10,12-13,21,26H,2H2,1H3. The molecule has 0 bridgehead atoms. The molecule has 0 fully saturated rings. The van der Waals surface area contributed by atoms with Crippen molar-refractivity contribution in [3.05, 3.63) is 72.2 Å². The van der Waals surface area contributed by atoms with Gasteiger partial charge < -0.3 is 0 Å². The number of anilines is 1. The van der Waals surface area contributed by atoms with Crippen molar-refractivity contribution in [3.63, 3.8) is 0 Å². The van der Waals surface area contributed by atoms with Gasteiger partial charge in [0.05, 0.1) is 21.5 Å². The number of aryl methyl sites for hydroxylation is 1. The van der Waals surface area contributed by atoms with E-state index in [9.17, 15) is 26.7 Å². The topological polar surface area (TPSA) is 110 Å². The molecule has 8 nitrogen and oxygen atoms in total. The van der Waals surface area contributed by atoms with E-state index in [-0.39, 0.29) is 37.6 Å². The molecule has 2 aromatic heterocycles. The molecule has 0 spiro atoms. The van der Waals surface area contributed by atoms with Crippen LogP contribution in [0.4, 0.5) is 14.5 Å². The maximum atomic E-state index is 13.3. The second-order valence-corrected chi connectivity index (χ2v) is 9.89. The minimum Gasteiger partial charge on any atom is -0.297 e. The summed E-state index contributed by atoms with van der Waals surface area (Å²) >= 11 is 0. The maximum Gasteiger partial charge on any atom is 0.268 e. The SMILES string of the molecule is CCn1ncc(NS(=O)c2cn(S(=O)(=O)c3ccccc3)c3cc(C(F)F)ccc23)c1C#N. The summed E-state index contributed by atoms with van der Waals surface area (Å²) in [4.78, 5) is 0.00379. The van der Waals surface area contributed by atoms with E-state index >= 15 is 0 Å². The summed E-state index contributed by atoms with van der Waals surface area (Å²) in [5.41, 5.74) is -0.0434. The van der Waals surface area contributed by atoms with E-state index < -0.39 is 27.4 Å². The lowest BCUT2D eigenvalue weighted by molar-refractivity contribution is 0.151. The van der Waals surface area contributed by atoms with Crippen molar-refractivity contribution < 1.29 is 21.4 Å². The number of nitrogens with zero attached hydrogens (tertiary/aromatic N) is 4. The lowest BCUT2D eigenvalue weighted by Crippen LogP contribution is -2.12. The molecule has 12 heteroatoms. The van der Waals surface area contributed by atoms with Gasteiger partial charge >= 0.3 is 0 Å². The molecule has 0 radical (unpaired) electrons. The van der Waals surface area contributed by atoms with Crippen LogP contribution < -0.4 is 4.72 Å². The first-order valence-corrected chi connectivity index (χ1v) is 12.2. The molecule has 2 aromatic carbocycles. The van der Waals surface area contributed by atoms with Gasteiger partial charge in [-0.3, -0.25) is 9.40 Å². The van der Waals surface area contributed by atoms with E-state index in [0.717, 1.165) is 22.3 Å². The molecule has 0 aliphatic heterocycles. The number of halogens is 2. The molecular formula is C21H17F2N5O3S2. The second-order valence-electron chi connectivity index (χ2n) is 6.89. The third-order valence-corrected chi connectivity index (χ3v) is 7.78. The summed E-state index contributed by atoms with van der Waals surface area (Å²) in [6, 6.07) is 13.0. The summed E-state index contributed by atoms with van der Waals surface area (Å²) < 4.78 is 71.3. The Morgan fingerprint density at radius 3 is 2.58 bits per heavy atom. The van der Waals surface area contributed by atoms with E-state index in [1.54, 1.807) is 25.1 Å². The van der Waals surface area contributed by atoms with Gasteiger partial charge in [0.1, 0.15) is 11.8 Å². The third kappa shape index (κ3) is 4.01. The normalized spacial score (nSPS) is 12.7. The molecule has 0 saturated heterocycles. The number of aromatic nitrogens is 3. The quantitative estimate of drug-likeness (QED) is 0.421. The third-order valence-electron chi connectivity index (χ3n) is 4.96. The maximum absolute atomic E-state index is 13.3. The van der Waals surface area contributed by atoms with Crippen LogP contribution in [0.3, 0.4) is 0 Å². The van der Waals surface area contributed by atoms with Crippen molar-refractivity contribution in [2.75, 3.05) is 4.72 Å². The van der Waals surface area contributed by atoms with Gasteiger partial charge in [-0.25, -0.2) is 25.4 Å². The number of nitriles is 1. The van der Waals surface area contributed by atoms with Gasteiger partial charge in [-0.2, -0.15) is 10.4 Å². The number of rotatable bonds is 7. The van der Waals surface area contributed by atoms with Crippen LogP contribution in [0.2, 0.25) is 0 Å². The summed E-state index contributed by atoms with van der Waals surface area (Å²) in [6.45, 7) is 2.21. The summed E-state index contributed by atoms with van der Waals surface area (Å²) in [6.07, 6.45) is -0.335. The zero-order valence-electron chi connectivity index (χ0n) is 17.1. The first-order valence-electron chi connectivity index (χ1n) is 9.66. The minimum atomic E-state index is -4.17. The monoisotopic (exact) mass is 489 g/mol. The number of hydrogen-bond donors (Lipinski definition) is 1. The Kier molecular flexibility index (Phi) is 6.01. The van der Waals surface area contributed by atoms with Crippen molar-refractivity contribution >= 4 is 37.6 Å². The fourth-order valence-corrected chi connectivity index (χ4v) is 5.83. The Bertz CT molecular complexity index is 1510. The van der Waals surface area contributed by atoms with E-state index in [1.165, 1.54) is 29.1 Å². The van der Waals surface area contributed by atoms with Crippen molar-refractivity contribution in [2.45, 2.75) is 29.7 Å². The Morgan fingerprint density at radius 1 is 1.21 bits per heavy atom. The largest absolute Gasteiger partial charge is 0.297 e. The molecule has 2 heterocycles. The number of fused-ring (bicyclic) bond motifs is 1. The molecular weight excluding hydrogens is 472 g/mol. The summed E-state index contributed by atoms with van der Waals surface area (Å²) in [5, 5.41) is 13.6. The van der Waals surface area contributed by atoms with E-state index in [2.05, 4.69) is 9.82 Å². The molecule has 0 aliphatic carbocycles. The first-order chi connectivity index (χ1) is 15.8. The van der Waals surface area contributed by atoms with Gasteiger partial charge in [-0.15, -0.1) is 0 Å². The highest BCUT2D eigenvalue weighted by Crippen LogP contribution is 2.32. The second kappa shape index (κ2) is 8.76. The minimum absolute atomic E-state index is 0.0356. The Morgan fingerprint density at radius 2 is 1.94 bits per heavy atom. The van der Waals surface area contributed by atoms with E-state index in [0.29, 0.717) is 6.54 Å². The lowest BCUT2D eigenvalue weighted by atomic mass is 10.2. The predicted octanol–water partition coefficient (Wildman–Crippen LogP) is 4.04. The molecule has 1 atom stereocenters. The van der Waals surface area contributed by atoms with Crippen LogP contribution in [0.5, 0.6) is 0 Å². The predicted molar refractivity (Wildman–Crippen MR) is 119 cm³/mol. The molecule has 1 unspecified atom stereocenters. The lowest BCUT2D eigenvalue weighted by Gasteiger charge is -2.08. The molecule has 170 valence electrons. The zero-order chi connectivity index (χ0) is 23.8. The molecule has 33 heavy (non-hydrogen) atoms. The Hall–Kier alpha value is -3.56. The van der Waals surface area contributed by atoms with Crippen LogP contribution in [-0.2, 0) is 27.6 Å². The number of hydrogen-bond acceptors (Lipinski definition) is 5. The van der Waals surface area contributed by atoms with Gasteiger partial charge in [-0.05, 0) is 25.1 Å². The fraction of sp³-hybridized carbons (Fsp3) is 0.143. The highest BCUT2D eigenvalue weighted by molar-refractivity contribution is 7.90. The van der Waals surface area contributed by atoms with Crippen LogP contribution in [0.15, 0.2) is 70.7 Å². The van der Waals surface area contributed by atoms with Crippen LogP contribution in [0.25, 0.3) is 10.9 Å². The van der Waals surface area contributed by atoms with Gasteiger partial charge in [0.25, 0.3) is 16.4 Å². The highest BCUT2D eigenvalue weighted by Gasteiger charge is 2.25. The average Bonchev–Trinajstić information content (AvgIpc) is 3.40. The molecule has 0 aliphatic rings. The average molecular weight is 490 g/mol. The molecule has 4 aromatic rings. The summed E-state index contributed by atoms with van der Waals surface area (Å²) in [7, 11) is -6.19. The number of alkyl halides is 2.